The van der Waals surface area contributed by atoms with Crippen LogP contribution in [0.4, 0.5) is 0 Å². The molecule has 1 heterocycles. The lowest BCUT2D eigenvalue weighted by atomic mass is 10.3. The number of nitrogens with one attached hydrogen (secondary N) is 1. The molecule has 0 aliphatic heterocycles. The zero-order valence-electron chi connectivity index (χ0n) is 9.76. The van der Waals surface area contributed by atoms with Gasteiger partial charge >= 0.3 is 0 Å². The monoisotopic (exact) mass is 231 g/mol. The molecular formula is C14H17NO2. The Morgan fingerprint density at radius 3 is 2.71 bits per heavy atom. The van der Waals surface area contributed by atoms with E-state index in [9.17, 15) is 0 Å². The first kappa shape index (κ1) is 11.7. The number of furan rings is 1. The summed E-state index contributed by atoms with van der Waals surface area (Å²) in [5, 5.41) is 3.30. The number of hydrogen-bond donors (Lipinski definition) is 1. The topological polar surface area (TPSA) is 34.4 Å². The predicted octanol–water partition coefficient (Wildman–Crippen LogP) is 2.84. The lowest BCUT2D eigenvalue weighted by Gasteiger charge is -2.06. The lowest BCUT2D eigenvalue weighted by Crippen LogP contribution is -2.16. The Labute approximate surface area is 101 Å². The van der Waals surface area contributed by atoms with E-state index in [2.05, 4.69) is 5.32 Å². The van der Waals surface area contributed by atoms with Crippen molar-refractivity contribution in [3.63, 3.8) is 0 Å². The Kier molecular flexibility index (Phi) is 4.67. The number of ether oxygens (including phenoxy) is 1. The molecule has 2 aromatic rings. The summed E-state index contributed by atoms with van der Waals surface area (Å²) in [5.74, 6) is 1.90. The van der Waals surface area contributed by atoms with Crippen LogP contribution < -0.4 is 10.1 Å². The minimum absolute atomic E-state index is 0.731. The number of rotatable bonds is 7. The van der Waals surface area contributed by atoms with E-state index in [1.807, 2.05) is 42.5 Å². The molecule has 17 heavy (non-hydrogen) atoms. The van der Waals surface area contributed by atoms with Gasteiger partial charge in [-0.25, -0.2) is 0 Å². The fraction of sp³-hybridized carbons (Fsp3) is 0.286. The molecule has 90 valence electrons. The number of para-hydroxylation sites is 1. The van der Waals surface area contributed by atoms with E-state index in [0.717, 1.165) is 37.6 Å². The maximum Gasteiger partial charge on any atom is 0.119 e. The Bertz CT molecular complexity index is 397. The van der Waals surface area contributed by atoms with Crippen molar-refractivity contribution in [3.05, 3.63) is 54.5 Å². The summed E-state index contributed by atoms with van der Waals surface area (Å²) in [7, 11) is 0. The molecule has 3 nitrogen and oxygen atoms in total. The minimum Gasteiger partial charge on any atom is -0.494 e. The number of hydrogen-bond acceptors (Lipinski definition) is 3. The first-order valence-corrected chi connectivity index (χ1v) is 5.86. The van der Waals surface area contributed by atoms with Crippen molar-refractivity contribution in [2.24, 2.45) is 0 Å². The molecule has 0 saturated heterocycles. The van der Waals surface area contributed by atoms with Gasteiger partial charge < -0.3 is 14.5 Å². The fourth-order valence-corrected chi connectivity index (χ4v) is 1.53. The zero-order valence-corrected chi connectivity index (χ0v) is 9.76. The molecule has 0 aliphatic rings. The van der Waals surface area contributed by atoms with Gasteiger partial charge in [0.25, 0.3) is 0 Å². The molecule has 0 aliphatic carbocycles. The highest BCUT2D eigenvalue weighted by Crippen LogP contribution is 2.08. The van der Waals surface area contributed by atoms with Crippen LogP contribution in [0.15, 0.2) is 53.1 Å². The second-order valence-corrected chi connectivity index (χ2v) is 3.77. The normalized spacial score (nSPS) is 10.4. The molecule has 3 heteroatoms. The molecule has 1 aromatic carbocycles. The molecule has 1 N–H and O–H groups in total. The molecule has 0 spiro atoms. The van der Waals surface area contributed by atoms with Crippen LogP contribution in [-0.4, -0.2) is 13.2 Å². The second kappa shape index (κ2) is 6.76. The van der Waals surface area contributed by atoms with E-state index in [-0.39, 0.29) is 0 Å². The highest BCUT2D eigenvalue weighted by atomic mass is 16.5. The van der Waals surface area contributed by atoms with Gasteiger partial charge in [0.2, 0.25) is 0 Å². The van der Waals surface area contributed by atoms with Gasteiger partial charge in [-0.2, -0.15) is 0 Å². The molecule has 0 saturated carbocycles. The van der Waals surface area contributed by atoms with Crippen molar-refractivity contribution in [1.82, 2.24) is 5.32 Å². The van der Waals surface area contributed by atoms with Crippen molar-refractivity contribution in [2.75, 3.05) is 13.2 Å². The summed E-state index contributed by atoms with van der Waals surface area (Å²) >= 11 is 0. The van der Waals surface area contributed by atoms with Gasteiger partial charge in [0.1, 0.15) is 11.5 Å². The maximum atomic E-state index is 5.58. The molecule has 1 aromatic heterocycles. The zero-order chi connectivity index (χ0) is 11.8. The molecule has 0 amide bonds. The summed E-state index contributed by atoms with van der Waals surface area (Å²) in [6.07, 6.45) is 2.67. The third-order valence-electron chi connectivity index (χ3n) is 2.39. The van der Waals surface area contributed by atoms with Gasteiger partial charge in [0.15, 0.2) is 0 Å². The van der Waals surface area contributed by atoms with Crippen molar-refractivity contribution in [2.45, 2.75) is 13.0 Å². The molecule has 0 unspecified atom stereocenters. The van der Waals surface area contributed by atoms with Crippen LogP contribution in [0.25, 0.3) is 0 Å². The van der Waals surface area contributed by atoms with E-state index < -0.39 is 0 Å². The van der Waals surface area contributed by atoms with Crippen LogP contribution >= 0.6 is 0 Å². The van der Waals surface area contributed by atoms with E-state index >= 15 is 0 Å². The Morgan fingerprint density at radius 1 is 1.06 bits per heavy atom. The Hall–Kier alpha value is -1.74. The van der Waals surface area contributed by atoms with Gasteiger partial charge in [-0.1, -0.05) is 18.2 Å². The van der Waals surface area contributed by atoms with Crippen molar-refractivity contribution >= 4 is 0 Å². The summed E-state index contributed by atoms with van der Waals surface area (Å²) in [4.78, 5) is 0. The van der Waals surface area contributed by atoms with Gasteiger partial charge in [-0.15, -0.1) is 0 Å². The highest BCUT2D eigenvalue weighted by molar-refractivity contribution is 5.20. The van der Waals surface area contributed by atoms with Crippen LogP contribution in [-0.2, 0) is 6.54 Å². The van der Waals surface area contributed by atoms with Crippen LogP contribution in [0.3, 0.4) is 0 Å². The van der Waals surface area contributed by atoms with E-state index in [4.69, 9.17) is 9.15 Å². The first-order valence-electron chi connectivity index (χ1n) is 5.86. The first-order chi connectivity index (χ1) is 8.45. The van der Waals surface area contributed by atoms with Gasteiger partial charge in [-0.05, 0) is 37.2 Å². The van der Waals surface area contributed by atoms with Gasteiger partial charge in [0, 0.05) is 0 Å². The quantitative estimate of drug-likeness (QED) is 0.744. The molecule has 0 radical (unpaired) electrons. The van der Waals surface area contributed by atoms with E-state index in [1.165, 1.54) is 0 Å². The maximum absolute atomic E-state index is 5.58. The van der Waals surface area contributed by atoms with Crippen molar-refractivity contribution in [3.8, 4) is 5.75 Å². The highest BCUT2D eigenvalue weighted by Gasteiger charge is 1.95. The summed E-state index contributed by atoms with van der Waals surface area (Å²) in [5.41, 5.74) is 0. The SMILES string of the molecule is c1ccc(OCCCNCc2ccco2)cc1. The number of benzene rings is 1. The van der Waals surface area contributed by atoms with Crippen molar-refractivity contribution < 1.29 is 9.15 Å². The third-order valence-corrected chi connectivity index (χ3v) is 2.39. The van der Waals surface area contributed by atoms with Crippen LogP contribution in [0.5, 0.6) is 5.75 Å². The molecule has 0 fully saturated rings. The average molecular weight is 231 g/mol. The summed E-state index contributed by atoms with van der Waals surface area (Å²) < 4.78 is 10.8. The fourth-order valence-electron chi connectivity index (χ4n) is 1.53. The predicted molar refractivity (Wildman–Crippen MR) is 67.0 cm³/mol. The largest absolute Gasteiger partial charge is 0.494 e. The van der Waals surface area contributed by atoms with Crippen LogP contribution in [0.1, 0.15) is 12.2 Å². The van der Waals surface area contributed by atoms with E-state index in [1.54, 1.807) is 6.26 Å². The summed E-state index contributed by atoms with van der Waals surface area (Å²) in [6.45, 7) is 2.43. The van der Waals surface area contributed by atoms with Crippen LogP contribution in [0.2, 0.25) is 0 Å². The van der Waals surface area contributed by atoms with Gasteiger partial charge in [0.05, 0.1) is 19.4 Å². The molecule has 0 atom stereocenters. The Morgan fingerprint density at radius 2 is 1.94 bits per heavy atom. The molecule has 2 rings (SSSR count). The van der Waals surface area contributed by atoms with Crippen LogP contribution in [0, 0.1) is 0 Å². The van der Waals surface area contributed by atoms with E-state index in [0.29, 0.717) is 0 Å². The third kappa shape index (κ3) is 4.33. The average Bonchev–Trinajstić information content (AvgIpc) is 2.88. The Balaban J connectivity index is 1.52. The van der Waals surface area contributed by atoms with Crippen molar-refractivity contribution in [1.29, 1.82) is 0 Å². The lowest BCUT2D eigenvalue weighted by molar-refractivity contribution is 0.307. The standard InChI is InChI=1S/C14H17NO2/c1-2-6-13(7-3-1)16-11-5-9-15-12-14-8-4-10-17-14/h1-4,6-8,10,15H,5,9,11-12H2. The summed E-state index contributed by atoms with van der Waals surface area (Å²) in [6, 6.07) is 13.7. The smallest absolute Gasteiger partial charge is 0.119 e. The van der Waals surface area contributed by atoms with Gasteiger partial charge in [-0.3, -0.25) is 0 Å². The minimum atomic E-state index is 0.731. The second-order valence-electron chi connectivity index (χ2n) is 3.77. The molecule has 0 bridgehead atoms. The molecular weight excluding hydrogens is 214 g/mol.